The lowest BCUT2D eigenvalue weighted by atomic mass is 9.92. The summed E-state index contributed by atoms with van der Waals surface area (Å²) < 4.78 is 5.52. The summed E-state index contributed by atoms with van der Waals surface area (Å²) in [6.45, 7) is 2.05. The van der Waals surface area contributed by atoms with Crippen LogP contribution in [0.15, 0.2) is 30.3 Å². The molecule has 1 N–H and O–H groups in total. The van der Waals surface area contributed by atoms with Gasteiger partial charge in [-0.05, 0) is 44.7 Å². The Hall–Kier alpha value is -1.61. The van der Waals surface area contributed by atoms with Gasteiger partial charge < -0.3 is 10.1 Å². The fraction of sp³-hybridized carbons (Fsp3) is 0.471. The number of benzene rings is 1. The van der Waals surface area contributed by atoms with E-state index in [0.717, 1.165) is 17.6 Å². The van der Waals surface area contributed by atoms with Crippen molar-refractivity contribution in [2.75, 3.05) is 12.4 Å². The molecule has 0 amide bonds. The number of para-hydroxylation sites is 1. The molecule has 2 unspecified atom stereocenters. The summed E-state index contributed by atoms with van der Waals surface area (Å²) in [5, 5.41) is 4.92. The van der Waals surface area contributed by atoms with Crippen molar-refractivity contribution >= 4 is 16.6 Å². The van der Waals surface area contributed by atoms with Gasteiger partial charge in [-0.3, -0.25) is 4.98 Å². The third-order valence-corrected chi connectivity index (χ3v) is 4.16. The topological polar surface area (TPSA) is 34.1 Å². The van der Waals surface area contributed by atoms with Gasteiger partial charge in [-0.2, -0.15) is 0 Å². The fourth-order valence-electron chi connectivity index (χ4n) is 3.14. The van der Waals surface area contributed by atoms with Crippen molar-refractivity contribution in [3.05, 3.63) is 36.0 Å². The van der Waals surface area contributed by atoms with Crippen LogP contribution in [0.25, 0.3) is 10.9 Å². The van der Waals surface area contributed by atoms with Crippen LogP contribution in [0.5, 0.6) is 0 Å². The maximum absolute atomic E-state index is 5.52. The Morgan fingerprint density at radius 1 is 1.25 bits per heavy atom. The number of hydrogen-bond donors (Lipinski definition) is 1. The molecule has 2 aromatic rings. The molecule has 1 aliphatic rings. The first-order valence-electron chi connectivity index (χ1n) is 7.42. The third kappa shape index (κ3) is 2.78. The number of nitrogens with zero attached hydrogens (tertiary/aromatic N) is 1. The van der Waals surface area contributed by atoms with Gasteiger partial charge >= 0.3 is 0 Å². The third-order valence-electron chi connectivity index (χ3n) is 4.16. The predicted octanol–water partition coefficient (Wildman–Crippen LogP) is 3.91. The minimum absolute atomic E-state index is 0.399. The van der Waals surface area contributed by atoms with Crippen molar-refractivity contribution in [2.45, 2.75) is 44.8 Å². The van der Waals surface area contributed by atoms with Gasteiger partial charge in [0.2, 0.25) is 0 Å². The number of aryl methyl sites for hydroxylation is 1. The molecule has 0 radical (unpaired) electrons. The second kappa shape index (κ2) is 5.80. The van der Waals surface area contributed by atoms with Gasteiger partial charge in [-0.1, -0.05) is 18.2 Å². The van der Waals surface area contributed by atoms with Gasteiger partial charge in [0.25, 0.3) is 0 Å². The molecular weight excluding hydrogens is 248 g/mol. The van der Waals surface area contributed by atoms with E-state index < -0.39 is 0 Å². The zero-order valence-corrected chi connectivity index (χ0v) is 12.2. The molecule has 106 valence electrons. The zero-order chi connectivity index (χ0) is 13.9. The molecule has 20 heavy (non-hydrogen) atoms. The molecule has 1 aliphatic carbocycles. The molecule has 0 spiro atoms. The van der Waals surface area contributed by atoms with Gasteiger partial charge in [0.15, 0.2) is 0 Å². The summed E-state index contributed by atoms with van der Waals surface area (Å²) in [5.41, 5.74) is 3.33. The quantitative estimate of drug-likeness (QED) is 0.918. The van der Waals surface area contributed by atoms with Crippen molar-refractivity contribution in [1.29, 1.82) is 0 Å². The average Bonchev–Trinajstić information content (AvgIpc) is 2.47. The zero-order valence-electron chi connectivity index (χ0n) is 12.2. The lowest BCUT2D eigenvalue weighted by Crippen LogP contribution is -2.31. The molecule has 3 nitrogen and oxygen atoms in total. The molecule has 0 saturated heterocycles. The van der Waals surface area contributed by atoms with Crippen molar-refractivity contribution in [3.63, 3.8) is 0 Å². The number of methoxy groups -OCH3 is 1. The number of rotatable bonds is 3. The van der Waals surface area contributed by atoms with Crippen molar-refractivity contribution in [3.8, 4) is 0 Å². The standard InChI is InChI=1S/C17H22N2O/c1-12-10-17(15-8-3-4-9-16(15)18-12)19-13-6-5-7-14(11-13)20-2/h3-4,8-10,13-14H,5-7,11H2,1-2H3,(H,18,19). The van der Waals surface area contributed by atoms with Crippen LogP contribution < -0.4 is 5.32 Å². The Morgan fingerprint density at radius 3 is 2.95 bits per heavy atom. The monoisotopic (exact) mass is 270 g/mol. The van der Waals surface area contributed by atoms with Gasteiger partial charge in [-0.15, -0.1) is 0 Å². The maximum atomic E-state index is 5.52. The number of hydrogen-bond acceptors (Lipinski definition) is 3. The lowest BCUT2D eigenvalue weighted by molar-refractivity contribution is 0.0669. The summed E-state index contributed by atoms with van der Waals surface area (Å²) in [4.78, 5) is 4.60. The molecule has 2 atom stereocenters. The minimum atomic E-state index is 0.399. The highest BCUT2D eigenvalue weighted by Gasteiger charge is 2.22. The van der Waals surface area contributed by atoms with Crippen LogP contribution in [-0.4, -0.2) is 24.2 Å². The number of nitrogens with one attached hydrogen (secondary N) is 1. The Kier molecular flexibility index (Phi) is 3.88. The Balaban J connectivity index is 1.86. The Labute approximate surface area is 120 Å². The molecule has 0 bridgehead atoms. The first kappa shape index (κ1) is 13.4. The van der Waals surface area contributed by atoms with Crippen molar-refractivity contribution < 1.29 is 4.74 Å². The van der Waals surface area contributed by atoms with Gasteiger partial charge in [0.1, 0.15) is 0 Å². The van der Waals surface area contributed by atoms with Gasteiger partial charge in [0, 0.05) is 29.9 Å². The van der Waals surface area contributed by atoms with E-state index in [9.17, 15) is 0 Å². The van der Waals surface area contributed by atoms with Crippen LogP contribution in [0.4, 0.5) is 5.69 Å². The largest absolute Gasteiger partial charge is 0.382 e. The van der Waals surface area contributed by atoms with E-state index >= 15 is 0 Å². The Bertz CT molecular complexity index is 597. The average molecular weight is 270 g/mol. The highest BCUT2D eigenvalue weighted by atomic mass is 16.5. The van der Waals surface area contributed by atoms with Crippen LogP contribution in [0.3, 0.4) is 0 Å². The molecule has 1 saturated carbocycles. The van der Waals surface area contributed by atoms with E-state index in [-0.39, 0.29) is 0 Å². The summed E-state index contributed by atoms with van der Waals surface area (Å²) >= 11 is 0. The summed E-state index contributed by atoms with van der Waals surface area (Å²) in [7, 11) is 1.82. The fourth-order valence-corrected chi connectivity index (χ4v) is 3.14. The highest BCUT2D eigenvalue weighted by molar-refractivity contribution is 5.91. The second-order valence-electron chi connectivity index (χ2n) is 5.69. The van der Waals surface area contributed by atoms with Crippen molar-refractivity contribution in [1.82, 2.24) is 4.98 Å². The molecular formula is C17H22N2O. The molecule has 1 fully saturated rings. The lowest BCUT2D eigenvalue weighted by Gasteiger charge is -2.30. The van der Waals surface area contributed by atoms with Crippen LogP contribution in [0, 0.1) is 6.92 Å². The Morgan fingerprint density at radius 2 is 2.10 bits per heavy atom. The van der Waals surface area contributed by atoms with Crippen LogP contribution in [-0.2, 0) is 4.74 Å². The molecule has 1 heterocycles. The van der Waals surface area contributed by atoms with Crippen LogP contribution >= 0.6 is 0 Å². The van der Waals surface area contributed by atoms with E-state index in [1.54, 1.807) is 0 Å². The molecule has 3 heteroatoms. The summed E-state index contributed by atoms with van der Waals surface area (Å²) in [5.74, 6) is 0. The van der Waals surface area contributed by atoms with Crippen LogP contribution in [0.1, 0.15) is 31.4 Å². The van der Waals surface area contributed by atoms with Crippen molar-refractivity contribution in [2.24, 2.45) is 0 Å². The smallest absolute Gasteiger partial charge is 0.0725 e. The second-order valence-corrected chi connectivity index (χ2v) is 5.69. The highest BCUT2D eigenvalue weighted by Crippen LogP contribution is 2.28. The molecule has 3 rings (SSSR count). The number of ether oxygens (including phenoxy) is 1. The normalized spacial score (nSPS) is 22.9. The number of fused-ring (bicyclic) bond motifs is 1. The van der Waals surface area contributed by atoms with E-state index in [1.807, 2.05) is 13.2 Å². The van der Waals surface area contributed by atoms with E-state index in [1.165, 1.54) is 30.3 Å². The summed E-state index contributed by atoms with van der Waals surface area (Å²) in [6, 6.07) is 11.0. The van der Waals surface area contributed by atoms with Crippen LogP contribution in [0.2, 0.25) is 0 Å². The number of aromatic nitrogens is 1. The first-order valence-corrected chi connectivity index (χ1v) is 7.42. The molecule has 1 aromatic heterocycles. The van der Waals surface area contributed by atoms with Gasteiger partial charge in [0.05, 0.1) is 11.6 Å². The molecule has 0 aliphatic heterocycles. The maximum Gasteiger partial charge on any atom is 0.0725 e. The van der Waals surface area contributed by atoms with E-state index in [2.05, 4.69) is 41.5 Å². The number of pyridine rings is 1. The summed E-state index contributed by atoms with van der Waals surface area (Å²) in [6.07, 6.45) is 5.13. The minimum Gasteiger partial charge on any atom is -0.382 e. The first-order chi connectivity index (χ1) is 9.76. The van der Waals surface area contributed by atoms with E-state index in [0.29, 0.717) is 12.1 Å². The number of anilines is 1. The van der Waals surface area contributed by atoms with E-state index in [4.69, 9.17) is 4.74 Å². The molecule has 1 aromatic carbocycles. The predicted molar refractivity (Wildman–Crippen MR) is 83.2 cm³/mol. The SMILES string of the molecule is COC1CCCC(Nc2cc(C)nc3ccccc23)C1. The van der Waals surface area contributed by atoms with Gasteiger partial charge in [-0.25, -0.2) is 0 Å².